The lowest BCUT2D eigenvalue weighted by Gasteiger charge is -2.20. The normalized spacial score (nSPS) is 12.6. The van der Waals surface area contributed by atoms with Crippen LogP contribution in [0.2, 0.25) is 0 Å². The zero-order valence-electron chi connectivity index (χ0n) is 14.4. The Bertz CT molecular complexity index is 824. The molecule has 1 aliphatic heterocycles. The highest BCUT2D eigenvalue weighted by atomic mass is 16.7. The molecule has 0 saturated carbocycles. The van der Waals surface area contributed by atoms with Gasteiger partial charge in [-0.05, 0) is 51.1 Å². The second-order valence-electron chi connectivity index (χ2n) is 6.81. The van der Waals surface area contributed by atoms with E-state index in [9.17, 15) is 9.59 Å². The summed E-state index contributed by atoms with van der Waals surface area (Å²) in [4.78, 5) is 24.7. The summed E-state index contributed by atoms with van der Waals surface area (Å²) >= 11 is 0. The number of hydrogen-bond donors (Lipinski definition) is 2. The fourth-order valence-corrected chi connectivity index (χ4v) is 2.39. The molecule has 130 valence electrons. The number of amides is 2. The van der Waals surface area contributed by atoms with E-state index < -0.39 is 0 Å². The van der Waals surface area contributed by atoms with Crippen LogP contribution >= 0.6 is 0 Å². The number of nitrogens with one attached hydrogen (secondary N) is 2. The molecule has 0 saturated heterocycles. The van der Waals surface area contributed by atoms with Crippen molar-refractivity contribution in [3.63, 3.8) is 0 Å². The summed E-state index contributed by atoms with van der Waals surface area (Å²) < 4.78 is 10.5. The van der Waals surface area contributed by atoms with Gasteiger partial charge in [0.05, 0.1) is 0 Å². The molecule has 0 aromatic heterocycles. The minimum atomic E-state index is -0.345. The smallest absolute Gasteiger partial charge is 0.255 e. The summed E-state index contributed by atoms with van der Waals surface area (Å²) in [5.41, 5.74) is 1.09. The third kappa shape index (κ3) is 4.09. The van der Waals surface area contributed by atoms with E-state index >= 15 is 0 Å². The first-order chi connectivity index (χ1) is 11.8. The largest absolute Gasteiger partial charge is 0.454 e. The van der Waals surface area contributed by atoms with Crippen LogP contribution in [0.3, 0.4) is 0 Å². The van der Waals surface area contributed by atoms with Crippen LogP contribution in [0.4, 0.5) is 5.69 Å². The lowest BCUT2D eigenvalue weighted by molar-refractivity contribution is 0.0919. The van der Waals surface area contributed by atoms with Gasteiger partial charge in [-0.2, -0.15) is 0 Å². The van der Waals surface area contributed by atoms with Gasteiger partial charge in [0.25, 0.3) is 11.8 Å². The van der Waals surface area contributed by atoms with Crippen molar-refractivity contribution in [2.45, 2.75) is 26.3 Å². The number of benzene rings is 2. The molecule has 3 rings (SSSR count). The van der Waals surface area contributed by atoms with E-state index in [2.05, 4.69) is 10.6 Å². The molecule has 1 heterocycles. The second-order valence-corrected chi connectivity index (χ2v) is 6.81. The lowest BCUT2D eigenvalue weighted by atomic mass is 10.1. The molecule has 2 amide bonds. The highest BCUT2D eigenvalue weighted by molar-refractivity contribution is 6.06. The summed E-state index contributed by atoms with van der Waals surface area (Å²) in [7, 11) is 0. The predicted octanol–water partition coefficient (Wildman–Crippen LogP) is 3.20. The van der Waals surface area contributed by atoms with Gasteiger partial charge < -0.3 is 20.1 Å². The fraction of sp³-hybridized carbons (Fsp3) is 0.263. The van der Waals surface area contributed by atoms with Gasteiger partial charge in [0, 0.05) is 28.4 Å². The van der Waals surface area contributed by atoms with Gasteiger partial charge in [-0.1, -0.05) is 6.07 Å². The van der Waals surface area contributed by atoms with Gasteiger partial charge in [-0.3, -0.25) is 9.59 Å². The number of hydrogen-bond acceptors (Lipinski definition) is 4. The Hall–Kier alpha value is -3.02. The Labute approximate surface area is 146 Å². The molecule has 0 radical (unpaired) electrons. The molecule has 0 bridgehead atoms. The standard InChI is InChI=1S/C19H20N2O4/c1-19(2,3)21-18(23)13-6-4-5-12(9-13)17(22)20-14-7-8-15-16(10-14)25-11-24-15/h4-10H,11H2,1-3H3,(H,20,22)(H,21,23). The van der Waals surface area contributed by atoms with Crippen LogP contribution in [0.15, 0.2) is 42.5 Å². The van der Waals surface area contributed by atoms with Crippen molar-refractivity contribution in [3.8, 4) is 11.5 Å². The van der Waals surface area contributed by atoms with E-state index in [0.717, 1.165) is 0 Å². The number of fused-ring (bicyclic) bond motifs is 1. The highest BCUT2D eigenvalue weighted by Crippen LogP contribution is 2.34. The number of carbonyl (C=O) groups excluding carboxylic acids is 2. The van der Waals surface area contributed by atoms with Crippen LogP contribution in [-0.4, -0.2) is 24.1 Å². The Morgan fingerprint density at radius 3 is 2.32 bits per heavy atom. The highest BCUT2D eigenvalue weighted by Gasteiger charge is 2.17. The minimum Gasteiger partial charge on any atom is -0.454 e. The van der Waals surface area contributed by atoms with Gasteiger partial charge in [0.1, 0.15) is 0 Å². The van der Waals surface area contributed by atoms with Gasteiger partial charge >= 0.3 is 0 Å². The molecule has 2 N–H and O–H groups in total. The summed E-state index contributed by atoms with van der Waals surface area (Å²) in [5, 5.41) is 5.67. The summed E-state index contributed by atoms with van der Waals surface area (Å²) in [5.74, 6) is 0.726. The van der Waals surface area contributed by atoms with Crippen molar-refractivity contribution >= 4 is 17.5 Å². The Kier molecular flexibility index (Phi) is 4.35. The summed E-state index contributed by atoms with van der Waals surface area (Å²) in [6.45, 7) is 5.89. The van der Waals surface area contributed by atoms with Gasteiger partial charge in [-0.15, -0.1) is 0 Å². The maximum Gasteiger partial charge on any atom is 0.255 e. The molecule has 2 aromatic carbocycles. The molecule has 0 unspecified atom stereocenters. The van der Waals surface area contributed by atoms with E-state index in [1.54, 1.807) is 42.5 Å². The second kappa shape index (κ2) is 6.47. The molecular weight excluding hydrogens is 320 g/mol. The maximum atomic E-state index is 12.5. The van der Waals surface area contributed by atoms with Crippen molar-refractivity contribution in [2.24, 2.45) is 0 Å². The van der Waals surface area contributed by atoms with E-state index in [0.29, 0.717) is 28.3 Å². The van der Waals surface area contributed by atoms with Crippen LogP contribution in [-0.2, 0) is 0 Å². The van der Waals surface area contributed by atoms with Gasteiger partial charge in [0.2, 0.25) is 6.79 Å². The molecule has 2 aromatic rings. The fourth-order valence-electron chi connectivity index (χ4n) is 2.39. The molecule has 0 spiro atoms. The summed E-state index contributed by atoms with van der Waals surface area (Å²) in [6, 6.07) is 11.8. The third-order valence-electron chi connectivity index (χ3n) is 3.51. The van der Waals surface area contributed by atoms with Gasteiger partial charge in [0.15, 0.2) is 11.5 Å². The summed E-state index contributed by atoms with van der Waals surface area (Å²) in [6.07, 6.45) is 0. The topological polar surface area (TPSA) is 76.7 Å². The van der Waals surface area contributed by atoms with E-state index in [1.165, 1.54) is 0 Å². The number of anilines is 1. The minimum absolute atomic E-state index is 0.178. The van der Waals surface area contributed by atoms with Crippen LogP contribution in [0.1, 0.15) is 41.5 Å². The number of rotatable bonds is 3. The third-order valence-corrected chi connectivity index (χ3v) is 3.51. The maximum absolute atomic E-state index is 12.5. The molecule has 0 aliphatic carbocycles. The Morgan fingerprint density at radius 1 is 0.920 bits per heavy atom. The predicted molar refractivity (Wildman–Crippen MR) is 94.2 cm³/mol. The van der Waals surface area contributed by atoms with Crippen LogP contribution < -0.4 is 20.1 Å². The zero-order chi connectivity index (χ0) is 18.0. The molecule has 6 heteroatoms. The SMILES string of the molecule is CC(C)(C)NC(=O)c1cccc(C(=O)Nc2ccc3c(c2)OCO3)c1. The molecule has 6 nitrogen and oxygen atoms in total. The molecular formula is C19H20N2O4. The first-order valence-electron chi connectivity index (χ1n) is 7.95. The quantitative estimate of drug-likeness (QED) is 0.899. The average molecular weight is 340 g/mol. The van der Waals surface area contributed by atoms with Crippen LogP contribution in [0.5, 0.6) is 11.5 Å². The van der Waals surface area contributed by atoms with Crippen molar-refractivity contribution in [1.82, 2.24) is 5.32 Å². The average Bonchev–Trinajstić information content (AvgIpc) is 3.01. The lowest BCUT2D eigenvalue weighted by Crippen LogP contribution is -2.40. The first kappa shape index (κ1) is 16.8. The molecule has 25 heavy (non-hydrogen) atoms. The van der Waals surface area contributed by atoms with E-state index in [-0.39, 0.29) is 24.1 Å². The van der Waals surface area contributed by atoms with Crippen LogP contribution in [0, 0.1) is 0 Å². The van der Waals surface area contributed by atoms with Crippen molar-refractivity contribution in [1.29, 1.82) is 0 Å². The van der Waals surface area contributed by atoms with Crippen LogP contribution in [0.25, 0.3) is 0 Å². The van der Waals surface area contributed by atoms with Crippen molar-refractivity contribution in [3.05, 3.63) is 53.6 Å². The number of carbonyl (C=O) groups is 2. The molecule has 0 atom stereocenters. The van der Waals surface area contributed by atoms with Crippen molar-refractivity contribution in [2.75, 3.05) is 12.1 Å². The Morgan fingerprint density at radius 2 is 1.60 bits per heavy atom. The Balaban J connectivity index is 1.74. The van der Waals surface area contributed by atoms with Gasteiger partial charge in [-0.25, -0.2) is 0 Å². The van der Waals surface area contributed by atoms with E-state index in [4.69, 9.17) is 9.47 Å². The molecule has 1 aliphatic rings. The van der Waals surface area contributed by atoms with E-state index in [1.807, 2.05) is 20.8 Å². The number of ether oxygens (including phenoxy) is 2. The van der Waals surface area contributed by atoms with Crippen molar-refractivity contribution < 1.29 is 19.1 Å². The monoisotopic (exact) mass is 340 g/mol. The zero-order valence-corrected chi connectivity index (χ0v) is 14.4. The molecule has 0 fully saturated rings. The first-order valence-corrected chi connectivity index (χ1v) is 7.95.